The summed E-state index contributed by atoms with van der Waals surface area (Å²) in [7, 11) is -2.07. The molecule has 0 aliphatic heterocycles. The number of hydrogen-bond donors (Lipinski definition) is 2. The summed E-state index contributed by atoms with van der Waals surface area (Å²) in [4.78, 5) is 12.4. The molecule has 1 aromatic carbocycles. The van der Waals surface area contributed by atoms with Crippen molar-refractivity contribution in [1.29, 1.82) is 0 Å². The quantitative estimate of drug-likeness (QED) is 0.318. The SMILES string of the molecule is COc1nc(N)nc2c1ncn2CCOCP(=O)(OCCO)OCc1ccccc1. The third-order valence-electron chi connectivity index (χ3n) is 4.02. The number of ether oxygens (including phenoxy) is 2. The van der Waals surface area contributed by atoms with Crippen molar-refractivity contribution in [3.05, 3.63) is 42.2 Å². The van der Waals surface area contributed by atoms with Crippen LogP contribution in [0.3, 0.4) is 0 Å². The molecule has 2 heterocycles. The fourth-order valence-corrected chi connectivity index (χ4v) is 3.90. The van der Waals surface area contributed by atoms with E-state index in [4.69, 9.17) is 29.4 Å². The monoisotopic (exact) mass is 437 g/mol. The third kappa shape index (κ3) is 5.74. The Morgan fingerprint density at radius 3 is 2.70 bits per heavy atom. The number of aliphatic hydroxyl groups excluding tert-OH is 1. The number of nitrogens with two attached hydrogens (primary N) is 1. The van der Waals surface area contributed by atoms with Gasteiger partial charge in [0, 0.05) is 6.54 Å². The van der Waals surface area contributed by atoms with Gasteiger partial charge in [-0.2, -0.15) is 9.97 Å². The Bertz CT molecular complexity index is 999. The zero-order valence-corrected chi connectivity index (χ0v) is 17.4. The van der Waals surface area contributed by atoms with Crippen molar-refractivity contribution in [2.75, 3.05) is 39.0 Å². The Kier molecular flexibility index (Phi) is 7.72. The number of anilines is 1. The van der Waals surface area contributed by atoms with Crippen molar-refractivity contribution in [3.63, 3.8) is 0 Å². The summed E-state index contributed by atoms with van der Waals surface area (Å²) in [5.74, 6) is 0.353. The highest BCUT2D eigenvalue weighted by molar-refractivity contribution is 7.53. The van der Waals surface area contributed by atoms with Gasteiger partial charge in [-0.1, -0.05) is 30.3 Å². The van der Waals surface area contributed by atoms with Gasteiger partial charge in [-0.15, -0.1) is 0 Å². The van der Waals surface area contributed by atoms with Crippen molar-refractivity contribution in [1.82, 2.24) is 19.5 Å². The molecule has 0 saturated carbocycles. The Hall–Kier alpha value is -2.56. The molecule has 3 aromatic rings. The fraction of sp³-hybridized carbons (Fsp3) is 0.389. The molecule has 0 aliphatic rings. The molecule has 1 unspecified atom stereocenters. The second-order valence-corrected chi connectivity index (χ2v) is 8.16. The van der Waals surface area contributed by atoms with E-state index in [2.05, 4.69) is 15.0 Å². The zero-order chi connectivity index (χ0) is 21.4. The number of methoxy groups -OCH3 is 1. The molecule has 30 heavy (non-hydrogen) atoms. The lowest BCUT2D eigenvalue weighted by Crippen LogP contribution is -2.10. The molecule has 0 fully saturated rings. The Balaban J connectivity index is 1.58. The highest BCUT2D eigenvalue weighted by atomic mass is 31.2. The largest absolute Gasteiger partial charge is 0.479 e. The third-order valence-corrected chi connectivity index (χ3v) is 5.62. The van der Waals surface area contributed by atoms with Gasteiger partial charge in [0.1, 0.15) is 6.35 Å². The second-order valence-electron chi connectivity index (χ2n) is 6.17. The number of aromatic nitrogens is 4. The minimum atomic E-state index is -3.55. The summed E-state index contributed by atoms with van der Waals surface area (Å²) in [5, 5.41) is 8.99. The Morgan fingerprint density at radius 2 is 1.97 bits per heavy atom. The molecule has 3 N–H and O–H groups in total. The first-order chi connectivity index (χ1) is 14.5. The molecular formula is C18H24N5O6P. The number of nitrogens with zero attached hydrogens (tertiary/aromatic N) is 4. The number of hydrogen-bond acceptors (Lipinski definition) is 10. The Morgan fingerprint density at radius 1 is 1.17 bits per heavy atom. The molecule has 2 aromatic heterocycles. The van der Waals surface area contributed by atoms with E-state index >= 15 is 0 Å². The van der Waals surface area contributed by atoms with Crippen molar-refractivity contribution >= 4 is 24.7 Å². The van der Waals surface area contributed by atoms with Gasteiger partial charge in [0.2, 0.25) is 11.8 Å². The van der Waals surface area contributed by atoms with E-state index in [9.17, 15) is 4.57 Å². The standard InChI is InChI=1S/C18H24N5O6P/c1-26-17-15-16(21-18(19)22-17)23(12-20-15)7-9-27-13-30(25,28-10-8-24)29-11-14-5-3-2-4-6-14/h2-6,12,24H,7-11,13H2,1H3,(H2,19,21,22). The smallest absolute Gasteiger partial charge is 0.356 e. The summed E-state index contributed by atoms with van der Waals surface area (Å²) < 4.78 is 36.1. The second kappa shape index (κ2) is 10.5. The van der Waals surface area contributed by atoms with Gasteiger partial charge in [-0.05, 0) is 5.56 Å². The average Bonchev–Trinajstić information content (AvgIpc) is 3.17. The van der Waals surface area contributed by atoms with Crippen LogP contribution in [0.25, 0.3) is 11.2 Å². The molecule has 12 heteroatoms. The molecular weight excluding hydrogens is 413 g/mol. The van der Waals surface area contributed by atoms with E-state index in [1.165, 1.54) is 7.11 Å². The van der Waals surface area contributed by atoms with Crippen LogP contribution < -0.4 is 10.5 Å². The first-order valence-electron chi connectivity index (χ1n) is 9.17. The van der Waals surface area contributed by atoms with Gasteiger partial charge in [-0.25, -0.2) is 4.98 Å². The summed E-state index contributed by atoms with van der Waals surface area (Å²) in [6.45, 7) is 0.281. The summed E-state index contributed by atoms with van der Waals surface area (Å²) in [6.07, 6.45) is 1.31. The molecule has 3 rings (SSSR count). The van der Waals surface area contributed by atoms with E-state index in [0.717, 1.165) is 5.56 Å². The van der Waals surface area contributed by atoms with Crippen LogP contribution in [0, 0.1) is 0 Å². The van der Waals surface area contributed by atoms with E-state index in [-0.39, 0.29) is 44.6 Å². The van der Waals surface area contributed by atoms with Crippen molar-refractivity contribution in [2.45, 2.75) is 13.2 Å². The summed E-state index contributed by atoms with van der Waals surface area (Å²) in [6, 6.07) is 9.29. The molecule has 0 amide bonds. The molecule has 0 spiro atoms. The molecule has 0 radical (unpaired) electrons. The number of aliphatic hydroxyl groups is 1. The van der Waals surface area contributed by atoms with Crippen LogP contribution in [0.2, 0.25) is 0 Å². The maximum atomic E-state index is 12.9. The van der Waals surface area contributed by atoms with Gasteiger partial charge in [-0.3, -0.25) is 4.57 Å². The van der Waals surface area contributed by atoms with Crippen molar-refractivity contribution in [2.24, 2.45) is 0 Å². The van der Waals surface area contributed by atoms with E-state index in [1.807, 2.05) is 30.3 Å². The molecule has 0 saturated heterocycles. The topological polar surface area (TPSA) is 144 Å². The van der Waals surface area contributed by atoms with Crippen molar-refractivity contribution in [3.8, 4) is 5.88 Å². The fourth-order valence-electron chi connectivity index (χ4n) is 2.62. The zero-order valence-electron chi connectivity index (χ0n) is 16.5. The molecule has 0 bridgehead atoms. The molecule has 11 nitrogen and oxygen atoms in total. The van der Waals surface area contributed by atoms with Crippen LogP contribution in [0.15, 0.2) is 36.7 Å². The lowest BCUT2D eigenvalue weighted by atomic mass is 10.2. The molecule has 0 aliphatic carbocycles. The Labute approximate surface area is 173 Å². The summed E-state index contributed by atoms with van der Waals surface area (Å²) >= 11 is 0. The van der Waals surface area contributed by atoms with E-state index < -0.39 is 7.60 Å². The molecule has 162 valence electrons. The predicted octanol–water partition coefficient (Wildman–Crippen LogP) is 1.81. The lowest BCUT2D eigenvalue weighted by Gasteiger charge is -2.18. The maximum absolute atomic E-state index is 12.9. The number of rotatable bonds is 12. The maximum Gasteiger partial charge on any atom is 0.356 e. The van der Waals surface area contributed by atoms with Gasteiger partial charge in [0.05, 0.1) is 39.9 Å². The van der Waals surface area contributed by atoms with Crippen molar-refractivity contribution < 1.29 is 28.2 Å². The van der Waals surface area contributed by atoms with Crippen LogP contribution in [0.1, 0.15) is 5.56 Å². The van der Waals surface area contributed by atoms with Gasteiger partial charge >= 0.3 is 7.60 Å². The number of nitrogen functional groups attached to an aromatic ring is 1. The normalized spacial score (nSPS) is 13.4. The summed E-state index contributed by atoms with van der Waals surface area (Å²) in [5.41, 5.74) is 7.54. The number of benzene rings is 1. The minimum Gasteiger partial charge on any atom is -0.479 e. The highest BCUT2D eigenvalue weighted by Crippen LogP contribution is 2.48. The average molecular weight is 437 g/mol. The van der Waals surface area contributed by atoms with Gasteiger partial charge in [0.25, 0.3) is 0 Å². The van der Waals surface area contributed by atoms with Crippen LogP contribution >= 0.6 is 7.60 Å². The lowest BCUT2D eigenvalue weighted by molar-refractivity contribution is 0.109. The van der Waals surface area contributed by atoms with Crippen LogP contribution in [0.5, 0.6) is 5.88 Å². The van der Waals surface area contributed by atoms with Crippen LogP contribution in [-0.2, 0) is 31.5 Å². The van der Waals surface area contributed by atoms with Crippen LogP contribution in [-0.4, -0.2) is 57.9 Å². The first kappa shape index (κ1) is 22.1. The van der Waals surface area contributed by atoms with E-state index in [0.29, 0.717) is 17.7 Å². The highest BCUT2D eigenvalue weighted by Gasteiger charge is 2.25. The van der Waals surface area contributed by atoms with Crippen LogP contribution in [0.4, 0.5) is 5.95 Å². The first-order valence-corrected chi connectivity index (χ1v) is 10.9. The minimum absolute atomic E-state index is 0.0678. The number of fused-ring (bicyclic) bond motifs is 1. The van der Waals surface area contributed by atoms with Gasteiger partial charge < -0.3 is 33.9 Å². The molecule has 1 atom stereocenters. The van der Waals surface area contributed by atoms with Gasteiger partial charge in [0.15, 0.2) is 11.2 Å². The van der Waals surface area contributed by atoms with E-state index in [1.54, 1.807) is 10.9 Å². The predicted molar refractivity (Wildman–Crippen MR) is 109 cm³/mol. The number of imidazole rings is 1.